The zero-order chi connectivity index (χ0) is 16.7. The first-order chi connectivity index (χ1) is 11.1. The molecule has 0 bridgehead atoms. The Kier molecular flexibility index (Phi) is 6.00. The minimum Gasteiger partial charge on any atom is -0.497 e. The van der Waals surface area contributed by atoms with Crippen LogP contribution in [0.15, 0.2) is 42.6 Å². The number of pyridine rings is 1. The smallest absolute Gasteiger partial charge is 0.331 e. The van der Waals surface area contributed by atoms with Gasteiger partial charge in [0.05, 0.1) is 14.2 Å². The van der Waals surface area contributed by atoms with E-state index in [4.69, 9.17) is 25.8 Å². The largest absolute Gasteiger partial charge is 0.497 e. The van der Waals surface area contributed by atoms with Gasteiger partial charge in [0.2, 0.25) is 0 Å². The molecule has 2 aromatic rings. The summed E-state index contributed by atoms with van der Waals surface area (Å²) in [6.45, 7) is 0.132. The summed E-state index contributed by atoms with van der Waals surface area (Å²) in [7, 11) is 3.13. The number of methoxy groups -OCH3 is 2. The van der Waals surface area contributed by atoms with Crippen LogP contribution in [0.1, 0.15) is 11.1 Å². The highest BCUT2D eigenvalue weighted by atomic mass is 35.5. The van der Waals surface area contributed by atoms with E-state index in [0.29, 0.717) is 16.7 Å². The molecule has 0 saturated heterocycles. The van der Waals surface area contributed by atoms with Crippen molar-refractivity contribution < 1.29 is 19.0 Å². The molecule has 0 unspecified atom stereocenters. The molecule has 0 radical (unpaired) electrons. The van der Waals surface area contributed by atoms with Crippen LogP contribution in [0.4, 0.5) is 0 Å². The Hall–Kier alpha value is -2.53. The van der Waals surface area contributed by atoms with Crippen LogP contribution in [0.2, 0.25) is 5.15 Å². The zero-order valence-corrected chi connectivity index (χ0v) is 13.5. The van der Waals surface area contributed by atoms with Crippen LogP contribution >= 0.6 is 11.6 Å². The van der Waals surface area contributed by atoms with Gasteiger partial charge in [0.1, 0.15) is 23.3 Å². The summed E-state index contributed by atoms with van der Waals surface area (Å²) in [5, 5.41) is 0.395. The van der Waals surface area contributed by atoms with Crippen molar-refractivity contribution in [2.24, 2.45) is 0 Å². The molecule has 0 aliphatic carbocycles. The molecule has 2 rings (SSSR count). The summed E-state index contributed by atoms with van der Waals surface area (Å²) in [6.07, 6.45) is 4.53. The van der Waals surface area contributed by atoms with E-state index in [0.717, 1.165) is 11.1 Å². The highest BCUT2D eigenvalue weighted by Crippen LogP contribution is 2.25. The topological polar surface area (TPSA) is 57.7 Å². The molecule has 5 nitrogen and oxygen atoms in total. The molecule has 0 atom stereocenters. The average molecular weight is 334 g/mol. The Balaban J connectivity index is 1.96. The van der Waals surface area contributed by atoms with E-state index in [2.05, 4.69) is 4.98 Å². The second kappa shape index (κ2) is 8.19. The highest BCUT2D eigenvalue weighted by Gasteiger charge is 2.04. The van der Waals surface area contributed by atoms with Gasteiger partial charge in [0.25, 0.3) is 0 Å². The van der Waals surface area contributed by atoms with Crippen molar-refractivity contribution in [2.45, 2.75) is 6.61 Å². The normalized spacial score (nSPS) is 10.6. The van der Waals surface area contributed by atoms with Crippen molar-refractivity contribution in [2.75, 3.05) is 14.2 Å². The summed E-state index contributed by atoms with van der Waals surface area (Å²) in [5.41, 5.74) is 1.51. The quantitative estimate of drug-likeness (QED) is 0.460. The fourth-order valence-corrected chi connectivity index (χ4v) is 1.92. The van der Waals surface area contributed by atoms with E-state index in [1.165, 1.54) is 6.08 Å². The van der Waals surface area contributed by atoms with Crippen LogP contribution in [0.25, 0.3) is 6.08 Å². The molecule has 0 fully saturated rings. The predicted octanol–water partition coefficient (Wildman–Crippen LogP) is 3.51. The first kappa shape index (κ1) is 16.8. The summed E-state index contributed by atoms with van der Waals surface area (Å²) < 4.78 is 15.5. The average Bonchev–Trinajstić information content (AvgIpc) is 2.59. The molecule has 0 amide bonds. The van der Waals surface area contributed by atoms with Gasteiger partial charge < -0.3 is 14.2 Å². The molecule has 1 aromatic carbocycles. The summed E-state index contributed by atoms with van der Waals surface area (Å²) >= 11 is 5.69. The molecule has 120 valence electrons. The van der Waals surface area contributed by atoms with Gasteiger partial charge in [-0.2, -0.15) is 0 Å². The predicted molar refractivity (Wildman–Crippen MR) is 87.6 cm³/mol. The Morgan fingerprint density at radius 2 is 2.04 bits per heavy atom. The number of hydrogen-bond acceptors (Lipinski definition) is 5. The van der Waals surface area contributed by atoms with Crippen LogP contribution in [-0.2, 0) is 16.1 Å². The van der Waals surface area contributed by atoms with Crippen LogP contribution in [0, 0.1) is 0 Å². The lowest BCUT2D eigenvalue weighted by atomic mass is 10.2. The van der Waals surface area contributed by atoms with Crippen LogP contribution in [0.5, 0.6) is 11.5 Å². The monoisotopic (exact) mass is 333 g/mol. The van der Waals surface area contributed by atoms with Crippen molar-refractivity contribution >= 4 is 23.6 Å². The van der Waals surface area contributed by atoms with E-state index in [1.807, 2.05) is 0 Å². The highest BCUT2D eigenvalue weighted by molar-refractivity contribution is 6.29. The number of benzene rings is 1. The van der Waals surface area contributed by atoms with Gasteiger partial charge in [-0.25, -0.2) is 9.78 Å². The van der Waals surface area contributed by atoms with E-state index < -0.39 is 5.97 Å². The minimum atomic E-state index is -0.460. The number of rotatable bonds is 6. The molecule has 0 saturated carbocycles. The number of esters is 1. The zero-order valence-electron chi connectivity index (χ0n) is 12.8. The number of nitrogens with zero attached hydrogens (tertiary/aromatic N) is 1. The van der Waals surface area contributed by atoms with Crippen molar-refractivity contribution in [3.05, 3.63) is 58.9 Å². The minimum absolute atomic E-state index is 0.132. The maximum absolute atomic E-state index is 11.8. The lowest BCUT2D eigenvalue weighted by Gasteiger charge is -2.07. The van der Waals surface area contributed by atoms with Gasteiger partial charge in [0, 0.05) is 29.5 Å². The first-order valence-corrected chi connectivity index (χ1v) is 7.17. The third-order valence-corrected chi connectivity index (χ3v) is 3.23. The van der Waals surface area contributed by atoms with Crippen molar-refractivity contribution in [1.82, 2.24) is 4.98 Å². The standard InChI is InChI=1S/C17H16ClNO4/c1-21-14-6-4-13(15(9-14)22-2)5-8-17(20)23-11-12-3-7-16(18)19-10-12/h3-10H,11H2,1-2H3/b8-5+. The SMILES string of the molecule is COc1ccc(/C=C/C(=O)OCc2ccc(Cl)nc2)c(OC)c1. The van der Waals surface area contributed by atoms with Gasteiger partial charge in [-0.15, -0.1) is 0 Å². The molecule has 0 aliphatic heterocycles. The third kappa shape index (κ3) is 5.00. The Bertz CT molecular complexity index is 698. The maximum atomic E-state index is 11.8. The Morgan fingerprint density at radius 1 is 1.22 bits per heavy atom. The van der Waals surface area contributed by atoms with Crippen molar-refractivity contribution in [3.8, 4) is 11.5 Å². The molecule has 0 aliphatic rings. The Labute approximate surface area is 139 Å². The number of aromatic nitrogens is 1. The van der Waals surface area contributed by atoms with Crippen LogP contribution < -0.4 is 9.47 Å². The third-order valence-electron chi connectivity index (χ3n) is 3.01. The lowest BCUT2D eigenvalue weighted by molar-refractivity contribution is -0.138. The summed E-state index contributed by atoms with van der Waals surface area (Å²) in [4.78, 5) is 15.7. The molecule has 0 spiro atoms. The first-order valence-electron chi connectivity index (χ1n) is 6.79. The molecule has 1 heterocycles. The maximum Gasteiger partial charge on any atom is 0.331 e. The lowest BCUT2D eigenvalue weighted by Crippen LogP contribution is -2.01. The van der Waals surface area contributed by atoms with E-state index in [9.17, 15) is 4.79 Å². The van der Waals surface area contributed by atoms with E-state index in [1.54, 1.807) is 56.8 Å². The second-order valence-corrected chi connectivity index (χ2v) is 4.93. The van der Waals surface area contributed by atoms with Gasteiger partial charge in [-0.3, -0.25) is 0 Å². The molecule has 23 heavy (non-hydrogen) atoms. The van der Waals surface area contributed by atoms with Crippen LogP contribution in [-0.4, -0.2) is 25.2 Å². The van der Waals surface area contributed by atoms with Gasteiger partial charge in [0.15, 0.2) is 0 Å². The number of carbonyl (C=O) groups is 1. The van der Waals surface area contributed by atoms with Crippen molar-refractivity contribution in [3.63, 3.8) is 0 Å². The summed E-state index contributed by atoms with van der Waals surface area (Å²) in [6, 6.07) is 8.71. The van der Waals surface area contributed by atoms with Gasteiger partial charge >= 0.3 is 5.97 Å². The number of hydrogen-bond donors (Lipinski definition) is 0. The van der Waals surface area contributed by atoms with E-state index >= 15 is 0 Å². The second-order valence-electron chi connectivity index (χ2n) is 4.54. The summed E-state index contributed by atoms with van der Waals surface area (Å²) in [5.74, 6) is 0.824. The van der Waals surface area contributed by atoms with Gasteiger partial charge in [-0.05, 0) is 24.3 Å². The van der Waals surface area contributed by atoms with Crippen molar-refractivity contribution in [1.29, 1.82) is 0 Å². The number of ether oxygens (including phenoxy) is 3. The molecule has 6 heteroatoms. The number of carbonyl (C=O) groups excluding carboxylic acids is 1. The van der Waals surface area contributed by atoms with Gasteiger partial charge in [-0.1, -0.05) is 17.7 Å². The number of halogens is 1. The van der Waals surface area contributed by atoms with E-state index in [-0.39, 0.29) is 6.61 Å². The Morgan fingerprint density at radius 3 is 2.70 bits per heavy atom. The van der Waals surface area contributed by atoms with Crippen LogP contribution in [0.3, 0.4) is 0 Å². The molecular formula is C17H16ClNO4. The molecule has 1 aromatic heterocycles. The molecule has 0 N–H and O–H groups in total. The molecular weight excluding hydrogens is 318 g/mol. The fraction of sp³-hybridized carbons (Fsp3) is 0.176. The fourth-order valence-electron chi connectivity index (χ4n) is 1.81.